The van der Waals surface area contributed by atoms with Gasteiger partial charge in [0, 0.05) is 28.7 Å². The molecule has 1 unspecified atom stereocenters. The summed E-state index contributed by atoms with van der Waals surface area (Å²) in [5.74, 6) is -1.85. The molecule has 9 heteroatoms. The number of nitro groups is 1. The number of hydrogen-bond donors (Lipinski definition) is 3. The first-order valence-electron chi connectivity index (χ1n) is 5.78. The standard InChI is InChI=1S/C12H13BrN2O6/c1-12(19,5-10(16)17)6-14-11(18)7-2-8(13)4-9(3-7)15(20)21/h2-4,19H,5-6H2,1H3,(H,14,18)(H,16,17). The molecule has 0 saturated heterocycles. The highest BCUT2D eigenvalue weighted by atomic mass is 79.9. The van der Waals surface area contributed by atoms with Gasteiger partial charge in [0.05, 0.1) is 16.9 Å². The molecule has 0 radical (unpaired) electrons. The van der Waals surface area contributed by atoms with Crippen molar-refractivity contribution in [2.24, 2.45) is 0 Å². The van der Waals surface area contributed by atoms with E-state index in [1.54, 1.807) is 0 Å². The zero-order valence-corrected chi connectivity index (χ0v) is 12.6. The topological polar surface area (TPSA) is 130 Å². The molecule has 0 fully saturated rings. The molecule has 1 amide bonds. The second-order valence-corrected chi connectivity index (χ2v) is 5.62. The van der Waals surface area contributed by atoms with Crippen LogP contribution in [0.25, 0.3) is 0 Å². The summed E-state index contributed by atoms with van der Waals surface area (Å²) in [5.41, 5.74) is -1.84. The predicted molar refractivity (Wildman–Crippen MR) is 76.0 cm³/mol. The molecule has 1 aromatic rings. The lowest BCUT2D eigenvalue weighted by molar-refractivity contribution is -0.385. The summed E-state index contributed by atoms with van der Waals surface area (Å²) in [7, 11) is 0. The summed E-state index contributed by atoms with van der Waals surface area (Å²) in [5, 5.41) is 31.4. The van der Waals surface area contributed by atoms with Crippen LogP contribution in [-0.4, -0.2) is 39.2 Å². The molecule has 0 aliphatic rings. The second-order valence-electron chi connectivity index (χ2n) is 4.71. The third kappa shape index (κ3) is 5.48. The maximum atomic E-state index is 11.9. The van der Waals surface area contributed by atoms with Gasteiger partial charge < -0.3 is 15.5 Å². The molecule has 114 valence electrons. The summed E-state index contributed by atoms with van der Waals surface area (Å²) in [4.78, 5) is 32.5. The Hall–Kier alpha value is -2.00. The molecule has 21 heavy (non-hydrogen) atoms. The van der Waals surface area contributed by atoms with E-state index in [1.807, 2.05) is 0 Å². The Bertz CT molecular complexity index is 587. The van der Waals surface area contributed by atoms with Gasteiger partial charge >= 0.3 is 5.97 Å². The number of non-ortho nitro benzene ring substituents is 1. The van der Waals surface area contributed by atoms with Crippen LogP contribution in [0.3, 0.4) is 0 Å². The highest BCUT2D eigenvalue weighted by Gasteiger charge is 2.25. The van der Waals surface area contributed by atoms with Crippen molar-refractivity contribution in [2.45, 2.75) is 18.9 Å². The average molecular weight is 361 g/mol. The summed E-state index contributed by atoms with van der Waals surface area (Å²) in [6.07, 6.45) is -0.536. The number of aliphatic carboxylic acids is 1. The number of carboxylic acid groups (broad SMARTS) is 1. The van der Waals surface area contributed by atoms with Crippen molar-refractivity contribution in [1.29, 1.82) is 0 Å². The van der Waals surface area contributed by atoms with E-state index in [-0.39, 0.29) is 17.8 Å². The highest BCUT2D eigenvalue weighted by Crippen LogP contribution is 2.21. The van der Waals surface area contributed by atoms with Crippen molar-refractivity contribution in [3.05, 3.63) is 38.3 Å². The van der Waals surface area contributed by atoms with Gasteiger partial charge in [0.1, 0.15) is 0 Å². The first-order valence-corrected chi connectivity index (χ1v) is 6.57. The number of halogens is 1. The summed E-state index contributed by atoms with van der Waals surface area (Å²) in [6, 6.07) is 3.72. The van der Waals surface area contributed by atoms with Gasteiger partial charge in [0.2, 0.25) is 0 Å². The summed E-state index contributed by atoms with van der Waals surface area (Å²) < 4.78 is 0.360. The van der Waals surface area contributed by atoms with Gasteiger partial charge in [0.15, 0.2) is 0 Å². The first-order chi connectivity index (χ1) is 9.60. The smallest absolute Gasteiger partial charge is 0.306 e. The molecule has 3 N–H and O–H groups in total. The van der Waals surface area contributed by atoms with Gasteiger partial charge in [-0.05, 0) is 13.0 Å². The van der Waals surface area contributed by atoms with Crippen LogP contribution in [0.15, 0.2) is 22.7 Å². The minimum atomic E-state index is -1.61. The van der Waals surface area contributed by atoms with Crippen LogP contribution in [0.1, 0.15) is 23.7 Å². The molecule has 1 rings (SSSR count). The van der Waals surface area contributed by atoms with Gasteiger partial charge in [-0.15, -0.1) is 0 Å². The largest absolute Gasteiger partial charge is 0.481 e. The first kappa shape index (κ1) is 17.1. The molecule has 0 bridgehead atoms. The molecule has 1 aromatic carbocycles. The number of aliphatic hydroxyl groups is 1. The van der Waals surface area contributed by atoms with Gasteiger partial charge in [-0.3, -0.25) is 19.7 Å². The van der Waals surface area contributed by atoms with Crippen LogP contribution in [0.4, 0.5) is 5.69 Å². The Morgan fingerprint density at radius 3 is 2.57 bits per heavy atom. The molecular formula is C12H13BrN2O6. The van der Waals surface area contributed by atoms with E-state index in [9.17, 15) is 24.8 Å². The Morgan fingerprint density at radius 2 is 2.05 bits per heavy atom. The van der Waals surface area contributed by atoms with Crippen molar-refractivity contribution in [1.82, 2.24) is 5.32 Å². The van der Waals surface area contributed by atoms with Crippen molar-refractivity contribution >= 4 is 33.5 Å². The van der Waals surface area contributed by atoms with Crippen LogP contribution in [0, 0.1) is 10.1 Å². The Morgan fingerprint density at radius 1 is 1.43 bits per heavy atom. The van der Waals surface area contributed by atoms with E-state index in [4.69, 9.17) is 5.11 Å². The van der Waals surface area contributed by atoms with E-state index in [2.05, 4.69) is 21.2 Å². The maximum Gasteiger partial charge on any atom is 0.306 e. The second kappa shape index (κ2) is 6.64. The number of rotatable bonds is 6. The SMILES string of the molecule is CC(O)(CNC(=O)c1cc(Br)cc([N+](=O)[O-])c1)CC(=O)O. The maximum absolute atomic E-state index is 11.9. The van der Waals surface area contributed by atoms with Crippen molar-refractivity contribution in [3.63, 3.8) is 0 Å². The van der Waals surface area contributed by atoms with Crippen molar-refractivity contribution < 1.29 is 24.7 Å². The fourth-order valence-corrected chi connectivity index (χ4v) is 2.05. The Balaban J connectivity index is 2.81. The van der Waals surface area contributed by atoms with E-state index in [0.717, 1.165) is 6.07 Å². The van der Waals surface area contributed by atoms with Gasteiger partial charge in [-0.1, -0.05) is 15.9 Å². The number of carboxylic acids is 1. The fourth-order valence-electron chi connectivity index (χ4n) is 1.57. The minimum absolute atomic E-state index is 0.0298. The van der Waals surface area contributed by atoms with Crippen LogP contribution < -0.4 is 5.32 Å². The van der Waals surface area contributed by atoms with Crippen molar-refractivity contribution in [3.8, 4) is 0 Å². The predicted octanol–water partition coefficient (Wildman–Crippen LogP) is 1.31. The van der Waals surface area contributed by atoms with E-state index in [1.165, 1.54) is 19.1 Å². The molecule has 8 nitrogen and oxygen atoms in total. The number of nitrogens with one attached hydrogen (secondary N) is 1. The minimum Gasteiger partial charge on any atom is -0.481 e. The number of hydrogen-bond acceptors (Lipinski definition) is 5. The third-order valence-electron chi connectivity index (χ3n) is 2.52. The molecule has 0 saturated carbocycles. The zero-order valence-electron chi connectivity index (χ0n) is 11.0. The lowest BCUT2D eigenvalue weighted by atomic mass is 10.0. The van der Waals surface area contributed by atoms with Gasteiger partial charge in [-0.25, -0.2) is 0 Å². The van der Waals surface area contributed by atoms with E-state index in [0.29, 0.717) is 4.47 Å². The van der Waals surface area contributed by atoms with E-state index >= 15 is 0 Å². The Labute approximate surface area is 128 Å². The Kier molecular flexibility index (Phi) is 5.39. The zero-order chi connectivity index (χ0) is 16.2. The molecule has 0 spiro atoms. The molecule has 0 heterocycles. The number of benzene rings is 1. The average Bonchev–Trinajstić information content (AvgIpc) is 2.33. The van der Waals surface area contributed by atoms with Crippen LogP contribution in [0.2, 0.25) is 0 Å². The highest BCUT2D eigenvalue weighted by molar-refractivity contribution is 9.10. The van der Waals surface area contributed by atoms with Crippen LogP contribution in [-0.2, 0) is 4.79 Å². The summed E-state index contributed by atoms with van der Waals surface area (Å²) in [6.45, 7) is 0.975. The lowest BCUT2D eigenvalue weighted by Crippen LogP contribution is -2.42. The molecule has 1 atom stereocenters. The quantitative estimate of drug-likeness (QED) is 0.517. The fraction of sp³-hybridized carbons (Fsp3) is 0.333. The number of amides is 1. The lowest BCUT2D eigenvalue weighted by Gasteiger charge is -2.21. The molecule has 0 aliphatic carbocycles. The number of carbonyl (C=O) groups is 2. The van der Waals surface area contributed by atoms with E-state index < -0.39 is 28.8 Å². The monoisotopic (exact) mass is 360 g/mol. The van der Waals surface area contributed by atoms with Crippen LogP contribution in [0.5, 0.6) is 0 Å². The molecular weight excluding hydrogens is 348 g/mol. The number of nitrogens with zero attached hydrogens (tertiary/aromatic N) is 1. The van der Waals surface area contributed by atoms with Crippen LogP contribution >= 0.6 is 15.9 Å². The van der Waals surface area contributed by atoms with Crippen molar-refractivity contribution in [2.75, 3.05) is 6.54 Å². The molecule has 0 aromatic heterocycles. The normalized spacial score (nSPS) is 13.3. The molecule has 0 aliphatic heterocycles. The number of nitro benzene ring substituents is 1. The van der Waals surface area contributed by atoms with Gasteiger partial charge in [-0.2, -0.15) is 0 Å². The number of carbonyl (C=O) groups excluding carboxylic acids is 1. The summed E-state index contributed by atoms with van der Waals surface area (Å²) >= 11 is 3.06. The third-order valence-corrected chi connectivity index (χ3v) is 2.98. The van der Waals surface area contributed by atoms with Gasteiger partial charge in [0.25, 0.3) is 11.6 Å².